The minimum absolute atomic E-state index is 0.0743. The normalized spacial score (nSPS) is 12.1. The fourth-order valence-corrected chi connectivity index (χ4v) is 3.70. The van der Waals surface area contributed by atoms with Gasteiger partial charge in [0.15, 0.2) is 0 Å². The summed E-state index contributed by atoms with van der Waals surface area (Å²) in [6.07, 6.45) is 1.70. The van der Waals surface area contributed by atoms with Crippen molar-refractivity contribution in [3.8, 4) is 0 Å². The molecule has 0 amide bonds. The van der Waals surface area contributed by atoms with Crippen molar-refractivity contribution in [3.63, 3.8) is 0 Å². The smallest absolute Gasteiger partial charge is 0.242 e. The van der Waals surface area contributed by atoms with Gasteiger partial charge < -0.3 is 5.32 Å². The first-order valence-corrected chi connectivity index (χ1v) is 9.23. The average molecular weight is 353 g/mol. The van der Waals surface area contributed by atoms with Crippen LogP contribution in [0.15, 0.2) is 17.0 Å². The SMILES string of the molecule is CCCCNS(=O)(=O)c1ccc(Cl)c(CNC(C)C)c1Cl. The van der Waals surface area contributed by atoms with Crippen LogP contribution in [0.1, 0.15) is 39.2 Å². The Bertz CT molecular complexity index is 575. The average Bonchev–Trinajstić information content (AvgIpc) is 2.37. The molecule has 2 N–H and O–H groups in total. The summed E-state index contributed by atoms with van der Waals surface area (Å²) in [6.45, 7) is 6.81. The Morgan fingerprint density at radius 2 is 1.90 bits per heavy atom. The molecule has 0 radical (unpaired) electrons. The topological polar surface area (TPSA) is 58.2 Å². The van der Waals surface area contributed by atoms with E-state index in [1.54, 1.807) is 6.07 Å². The summed E-state index contributed by atoms with van der Waals surface area (Å²) < 4.78 is 27.1. The van der Waals surface area contributed by atoms with Crippen LogP contribution < -0.4 is 10.0 Å². The summed E-state index contributed by atoms with van der Waals surface area (Å²) in [4.78, 5) is 0.0743. The molecule has 120 valence electrons. The van der Waals surface area contributed by atoms with E-state index in [2.05, 4.69) is 10.0 Å². The van der Waals surface area contributed by atoms with Gasteiger partial charge in [0, 0.05) is 29.7 Å². The van der Waals surface area contributed by atoms with E-state index in [0.717, 1.165) is 12.8 Å². The second kappa shape index (κ2) is 8.34. The minimum atomic E-state index is -3.61. The number of hydrogen-bond donors (Lipinski definition) is 2. The zero-order valence-corrected chi connectivity index (χ0v) is 14.9. The Kier molecular flexibility index (Phi) is 7.44. The van der Waals surface area contributed by atoms with Gasteiger partial charge in [0.05, 0.1) is 5.02 Å². The Hall–Kier alpha value is -0.330. The summed E-state index contributed by atoms with van der Waals surface area (Å²) in [6, 6.07) is 3.26. The number of rotatable bonds is 8. The molecule has 0 aliphatic carbocycles. The molecule has 0 aliphatic heterocycles. The van der Waals surface area contributed by atoms with Gasteiger partial charge in [0.1, 0.15) is 4.90 Å². The van der Waals surface area contributed by atoms with Crippen LogP contribution in [0.4, 0.5) is 0 Å². The van der Waals surface area contributed by atoms with Gasteiger partial charge in [0.2, 0.25) is 10.0 Å². The highest BCUT2D eigenvalue weighted by molar-refractivity contribution is 7.89. The Morgan fingerprint density at radius 3 is 2.48 bits per heavy atom. The highest BCUT2D eigenvalue weighted by Gasteiger charge is 2.21. The van der Waals surface area contributed by atoms with Crippen molar-refractivity contribution in [3.05, 3.63) is 27.7 Å². The Morgan fingerprint density at radius 1 is 1.24 bits per heavy atom. The van der Waals surface area contributed by atoms with Crippen LogP contribution in [0, 0.1) is 0 Å². The van der Waals surface area contributed by atoms with Crippen LogP contribution >= 0.6 is 23.2 Å². The van der Waals surface area contributed by atoms with Crippen molar-refractivity contribution in [2.24, 2.45) is 0 Å². The molecular formula is C14H22Cl2N2O2S. The van der Waals surface area contributed by atoms with E-state index >= 15 is 0 Å². The largest absolute Gasteiger partial charge is 0.310 e. The molecule has 7 heteroatoms. The molecular weight excluding hydrogens is 331 g/mol. The molecule has 0 aliphatic rings. The van der Waals surface area contributed by atoms with Crippen LogP contribution in [-0.4, -0.2) is 21.0 Å². The molecule has 0 spiro atoms. The number of benzene rings is 1. The molecule has 0 heterocycles. The van der Waals surface area contributed by atoms with E-state index in [0.29, 0.717) is 23.7 Å². The van der Waals surface area contributed by atoms with E-state index < -0.39 is 10.0 Å². The molecule has 4 nitrogen and oxygen atoms in total. The van der Waals surface area contributed by atoms with Gasteiger partial charge in [-0.05, 0) is 18.6 Å². The monoisotopic (exact) mass is 352 g/mol. The van der Waals surface area contributed by atoms with Crippen LogP contribution in [0.2, 0.25) is 10.0 Å². The van der Waals surface area contributed by atoms with E-state index in [1.165, 1.54) is 6.07 Å². The van der Waals surface area contributed by atoms with E-state index in [1.807, 2.05) is 20.8 Å². The van der Waals surface area contributed by atoms with Crippen molar-refractivity contribution >= 4 is 33.2 Å². The van der Waals surface area contributed by atoms with Gasteiger partial charge in [-0.25, -0.2) is 13.1 Å². The Labute approximate surface area is 137 Å². The summed E-state index contributed by atoms with van der Waals surface area (Å²) >= 11 is 12.4. The molecule has 21 heavy (non-hydrogen) atoms. The van der Waals surface area contributed by atoms with E-state index in [-0.39, 0.29) is 16.0 Å². The zero-order chi connectivity index (χ0) is 16.0. The summed E-state index contributed by atoms with van der Waals surface area (Å²) in [7, 11) is -3.61. The molecule has 0 fully saturated rings. The third-order valence-electron chi connectivity index (χ3n) is 2.95. The maximum atomic E-state index is 12.3. The van der Waals surface area contributed by atoms with Crippen molar-refractivity contribution < 1.29 is 8.42 Å². The van der Waals surface area contributed by atoms with Gasteiger partial charge in [-0.3, -0.25) is 0 Å². The van der Waals surface area contributed by atoms with Gasteiger partial charge in [-0.1, -0.05) is 50.4 Å². The number of nitrogens with one attached hydrogen (secondary N) is 2. The van der Waals surface area contributed by atoms with Crippen molar-refractivity contribution in [2.75, 3.05) is 6.54 Å². The van der Waals surface area contributed by atoms with Crippen LogP contribution in [0.3, 0.4) is 0 Å². The molecule has 0 aromatic heterocycles. The molecule has 1 aromatic carbocycles. The molecule has 0 unspecified atom stereocenters. The second-order valence-corrected chi connectivity index (χ2v) is 7.65. The molecule has 0 atom stereocenters. The predicted molar refractivity (Wildman–Crippen MR) is 88.5 cm³/mol. The van der Waals surface area contributed by atoms with Crippen LogP contribution in [-0.2, 0) is 16.6 Å². The van der Waals surface area contributed by atoms with Crippen LogP contribution in [0.5, 0.6) is 0 Å². The minimum Gasteiger partial charge on any atom is -0.310 e. The van der Waals surface area contributed by atoms with Gasteiger partial charge in [-0.15, -0.1) is 0 Å². The molecule has 0 bridgehead atoms. The lowest BCUT2D eigenvalue weighted by molar-refractivity contribution is 0.576. The lowest BCUT2D eigenvalue weighted by atomic mass is 10.2. The van der Waals surface area contributed by atoms with Crippen molar-refractivity contribution in [1.29, 1.82) is 0 Å². The molecule has 1 aromatic rings. The van der Waals surface area contributed by atoms with Crippen molar-refractivity contribution in [1.82, 2.24) is 10.0 Å². The van der Waals surface area contributed by atoms with Gasteiger partial charge in [-0.2, -0.15) is 0 Å². The number of sulfonamides is 1. The zero-order valence-electron chi connectivity index (χ0n) is 12.5. The maximum Gasteiger partial charge on any atom is 0.242 e. The first-order chi connectivity index (χ1) is 9.79. The molecule has 0 saturated heterocycles. The molecule has 1 rings (SSSR count). The third-order valence-corrected chi connectivity index (χ3v) is 5.35. The van der Waals surface area contributed by atoms with Gasteiger partial charge >= 0.3 is 0 Å². The van der Waals surface area contributed by atoms with Crippen molar-refractivity contribution in [2.45, 2.75) is 51.1 Å². The first kappa shape index (κ1) is 18.7. The fraction of sp³-hybridized carbons (Fsp3) is 0.571. The van der Waals surface area contributed by atoms with E-state index in [9.17, 15) is 8.42 Å². The quantitative estimate of drug-likeness (QED) is 0.703. The van der Waals surface area contributed by atoms with Gasteiger partial charge in [0.25, 0.3) is 0 Å². The summed E-state index contributed by atoms with van der Waals surface area (Å²) in [5.74, 6) is 0. The molecule has 0 saturated carbocycles. The van der Waals surface area contributed by atoms with E-state index in [4.69, 9.17) is 23.2 Å². The number of unbranched alkanes of at least 4 members (excludes halogenated alkanes) is 1. The summed E-state index contributed by atoms with van der Waals surface area (Å²) in [5.41, 5.74) is 0.602. The lowest BCUT2D eigenvalue weighted by Crippen LogP contribution is -2.26. The third kappa shape index (κ3) is 5.42. The number of halogens is 2. The maximum absolute atomic E-state index is 12.3. The van der Waals surface area contributed by atoms with Crippen LogP contribution in [0.25, 0.3) is 0 Å². The lowest BCUT2D eigenvalue weighted by Gasteiger charge is -2.14. The predicted octanol–water partition coefficient (Wildman–Crippen LogP) is 3.57. The summed E-state index contributed by atoms with van der Waals surface area (Å²) in [5, 5.41) is 3.83. The highest BCUT2D eigenvalue weighted by Crippen LogP contribution is 2.31. The standard InChI is InChI=1S/C14H22Cl2N2O2S/c1-4-5-8-18-21(19,20)13-7-6-12(15)11(14(13)16)9-17-10(2)3/h6-7,10,17-18H,4-5,8-9H2,1-3H3. The Balaban J connectivity index is 3.06. The first-order valence-electron chi connectivity index (χ1n) is 6.99. The highest BCUT2D eigenvalue weighted by atomic mass is 35.5. The number of hydrogen-bond acceptors (Lipinski definition) is 3. The second-order valence-electron chi connectivity index (χ2n) is 5.12. The fourth-order valence-electron chi connectivity index (χ4n) is 1.71.